The van der Waals surface area contributed by atoms with Gasteiger partial charge in [0.25, 0.3) is 0 Å². The van der Waals surface area contributed by atoms with E-state index in [1.165, 1.54) is 0 Å². The number of carbonyl (C=O) groups is 1. The van der Waals surface area contributed by atoms with Gasteiger partial charge < -0.3 is 0 Å². The van der Waals surface area contributed by atoms with E-state index >= 15 is 0 Å². The van der Waals surface area contributed by atoms with Crippen molar-refractivity contribution in [1.29, 1.82) is 0 Å². The number of rotatable bonds is 2. The highest BCUT2D eigenvalue weighted by atomic mass is 35.5. The maximum absolute atomic E-state index is 10.8. The van der Waals surface area contributed by atoms with Crippen molar-refractivity contribution >= 4 is 16.8 Å². The first-order valence-electron chi connectivity index (χ1n) is 4.42. The maximum Gasteiger partial charge on any atom is 0.226 e. The van der Waals surface area contributed by atoms with Crippen molar-refractivity contribution in [3.63, 3.8) is 0 Å². The molecule has 0 bridgehead atoms. The van der Waals surface area contributed by atoms with E-state index in [0.717, 1.165) is 16.7 Å². The lowest BCUT2D eigenvalue weighted by Gasteiger charge is -1.96. The number of hydrogen-bond acceptors (Lipinski definition) is 1. The Bertz CT molecular complexity index is 436. The molecule has 1 nitrogen and oxygen atoms in total. The molecule has 0 fully saturated rings. The van der Waals surface area contributed by atoms with Crippen LogP contribution in [0.5, 0.6) is 0 Å². The molecule has 2 aliphatic rings. The molecule has 0 aromatic carbocycles. The van der Waals surface area contributed by atoms with E-state index in [0.29, 0.717) is 6.42 Å². The minimum absolute atomic E-state index is 0.301. The third-order valence-corrected chi connectivity index (χ3v) is 2.34. The highest BCUT2D eigenvalue weighted by Crippen LogP contribution is 2.27. The lowest BCUT2D eigenvalue weighted by Crippen LogP contribution is -1.92. The van der Waals surface area contributed by atoms with Crippen LogP contribution in [0.15, 0.2) is 42.5 Å². The normalized spacial score (nSPS) is 10.4. The predicted molar refractivity (Wildman–Crippen MR) is 57.6 cm³/mol. The number of fused-ring (bicyclic) bond motifs is 1. The van der Waals surface area contributed by atoms with Crippen molar-refractivity contribution in [2.45, 2.75) is 6.42 Å². The molecule has 0 radical (unpaired) electrons. The molecular formula is C12H9ClO. The second-order valence-electron chi connectivity index (χ2n) is 3.17. The lowest BCUT2D eigenvalue weighted by atomic mass is 10.1. The molecule has 0 aromatic heterocycles. The quantitative estimate of drug-likeness (QED) is 0.687. The molecule has 70 valence electrons. The standard InChI is InChI=1S/C12H9ClO/c13-12(14)8-10-7-6-9-4-2-1-3-5-11(9)10/h1-7H,8H2. The van der Waals surface area contributed by atoms with Gasteiger partial charge in [-0.25, -0.2) is 0 Å². The average molecular weight is 205 g/mol. The summed E-state index contributed by atoms with van der Waals surface area (Å²) in [5.41, 5.74) is 3.24. The highest BCUT2D eigenvalue weighted by Gasteiger charge is 2.09. The highest BCUT2D eigenvalue weighted by molar-refractivity contribution is 6.63. The van der Waals surface area contributed by atoms with Crippen molar-refractivity contribution in [2.75, 3.05) is 0 Å². The predicted octanol–water partition coefficient (Wildman–Crippen LogP) is 3.10. The molecule has 0 amide bonds. The Hall–Kier alpha value is -1.34. The van der Waals surface area contributed by atoms with Gasteiger partial charge in [-0.2, -0.15) is 0 Å². The van der Waals surface area contributed by atoms with E-state index in [-0.39, 0.29) is 5.24 Å². The summed E-state index contributed by atoms with van der Waals surface area (Å²) in [4.78, 5) is 10.8. The topological polar surface area (TPSA) is 17.1 Å². The first-order chi connectivity index (χ1) is 6.77. The van der Waals surface area contributed by atoms with Gasteiger partial charge in [-0.05, 0) is 28.3 Å². The monoisotopic (exact) mass is 204 g/mol. The molecule has 0 unspecified atom stereocenters. The van der Waals surface area contributed by atoms with Gasteiger partial charge >= 0.3 is 0 Å². The van der Waals surface area contributed by atoms with E-state index in [1.54, 1.807) is 0 Å². The molecule has 0 heterocycles. The van der Waals surface area contributed by atoms with Gasteiger partial charge in [-0.3, -0.25) is 4.79 Å². The number of carbonyl (C=O) groups excluding carboxylic acids is 1. The SMILES string of the molecule is O=C(Cl)Cc1ccc2cccccc1-2. The Morgan fingerprint density at radius 1 is 1.07 bits per heavy atom. The van der Waals surface area contributed by atoms with Crippen molar-refractivity contribution < 1.29 is 4.79 Å². The second kappa shape index (κ2) is 3.81. The summed E-state index contributed by atoms with van der Waals surface area (Å²) in [5.74, 6) is 0. The number of halogens is 1. The van der Waals surface area contributed by atoms with Gasteiger partial charge in [0.05, 0.1) is 0 Å². The van der Waals surface area contributed by atoms with Crippen LogP contribution >= 0.6 is 11.6 Å². The van der Waals surface area contributed by atoms with Gasteiger partial charge in [-0.15, -0.1) is 0 Å². The molecule has 0 aliphatic heterocycles. The minimum Gasteiger partial charge on any atom is -0.281 e. The van der Waals surface area contributed by atoms with Gasteiger partial charge in [-0.1, -0.05) is 42.5 Å². The molecule has 0 saturated carbocycles. The van der Waals surface area contributed by atoms with Crippen LogP contribution in [0.2, 0.25) is 0 Å². The van der Waals surface area contributed by atoms with E-state index in [9.17, 15) is 4.79 Å². The molecule has 0 atom stereocenters. The summed E-state index contributed by atoms with van der Waals surface area (Å²) < 4.78 is 0. The molecule has 0 N–H and O–H groups in total. The van der Waals surface area contributed by atoms with Crippen LogP contribution in [0.4, 0.5) is 0 Å². The number of hydrogen-bond donors (Lipinski definition) is 0. The van der Waals surface area contributed by atoms with Crippen molar-refractivity contribution in [3.05, 3.63) is 48.0 Å². The molecule has 0 spiro atoms. The summed E-state index contributed by atoms with van der Waals surface area (Å²) in [6, 6.07) is 13.9. The summed E-state index contributed by atoms with van der Waals surface area (Å²) in [6.45, 7) is 0. The largest absolute Gasteiger partial charge is 0.281 e. The third kappa shape index (κ3) is 1.78. The van der Waals surface area contributed by atoms with Gasteiger partial charge in [0.1, 0.15) is 0 Å². The molecule has 14 heavy (non-hydrogen) atoms. The van der Waals surface area contributed by atoms with Crippen LogP contribution in [0.1, 0.15) is 5.56 Å². The second-order valence-corrected chi connectivity index (χ2v) is 3.59. The van der Waals surface area contributed by atoms with Crippen LogP contribution in [0, 0.1) is 0 Å². The Balaban J connectivity index is 2.47. The maximum atomic E-state index is 10.8. The van der Waals surface area contributed by atoms with Crippen molar-refractivity contribution in [1.82, 2.24) is 0 Å². The molecule has 2 heteroatoms. The van der Waals surface area contributed by atoms with Crippen LogP contribution in [0.25, 0.3) is 11.1 Å². The van der Waals surface area contributed by atoms with Crippen LogP contribution in [0.3, 0.4) is 0 Å². The molecule has 0 aromatic rings. The summed E-state index contributed by atoms with van der Waals surface area (Å²) in [7, 11) is 0. The zero-order valence-electron chi connectivity index (χ0n) is 7.53. The van der Waals surface area contributed by atoms with Crippen molar-refractivity contribution in [3.8, 4) is 11.1 Å². The van der Waals surface area contributed by atoms with Crippen LogP contribution in [-0.2, 0) is 11.2 Å². The first-order valence-corrected chi connectivity index (χ1v) is 4.80. The van der Waals surface area contributed by atoms with E-state index in [2.05, 4.69) is 0 Å². The smallest absolute Gasteiger partial charge is 0.226 e. The van der Waals surface area contributed by atoms with E-state index in [4.69, 9.17) is 11.6 Å². The first kappa shape index (κ1) is 9.22. The third-order valence-electron chi connectivity index (χ3n) is 2.21. The van der Waals surface area contributed by atoms with E-state index in [1.807, 2.05) is 42.5 Å². The van der Waals surface area contributed by atoms with Crippen molar-refractivity contribution in [2.24, 2.45) is 0 Å². The Morgan fingerprint density at radius 2 is 1.86 bits per heavy atom. The fourth-order valence-corrected chi connectivity index (χ4v) is 1.73. The van der Waals surface area contributed by atoms with Crippen LogP contribution < -0.4 is 0 Å². The van der Waals surface area contributed by atoms with Gasteiger partial charge in [0.2, 0.25) is 5.24 Å². The Labute approximate surface area is 87.7 Å². The lowest BCUT2D eigenvalue weighted by molar-refractivity contribution is -0.111. The zero-order valence-corrected chi connectivity index (χ0v) is 8.29. The van der Waals surface area contributed by atoms with Gasteiger partial charge in [0.15, 0.2) is 0 Å². The fourth-order valence-electron chi connectivity index (χ4n) is 1.58. The zero-order chi connectivity index (χ0) is 9.97. The fraction of sp³-hybridized carbons (Fsp3) is 0.0833. The molecule has 2 aliphatic carbocycles. The average Bonchev–Trinajstić information content (AvgIpc) is 2.37. The summed E-state index contributed by atoms with van der Waals surface area (Å²) in [5, 5.41) is -0.316. The summed E-state index contributed by atoms with van der Waals surface area (Å²) >= 11 is 5.36. The summed E-state index contributed by atoms with van der Waals surface area (Å²) in [6.07, 6.45) is 0.301. The van der Waals surface area contributed by atoms with E-state index < -0.39 is 0 Å². The Kier molecular flexibility index (Phi) is 2.51. The molecule has 2 rings (SSSR count). The Morgan fingerprint density at radius 3 is 2.64 bits per heavy atom. The molecule has 0 saturated heterocycles. The minimum atomic E-state index is -0.316. The van der Waals surface area contributed by atoms with Gasteiger partial charge in [0, 0.05) is 6.42 Å². The van der Waals surface area contributed by atoms with Crippen LogP contribution in [-0.4, -0.2) is 5.24 Å². The molecular weight excluding hydrogens is 196 g/mol.